The van der Waals surface area contributed by atoms with Gasteiger partial charge in [-0.2, -0.15) is 0 Å². The lowest BCUT2D eigenvalue weighted by Gasteiger charge is -2.29. The number of nitrogens with one attached hydrogen (secondary N) is 1. The fraction of sp³-hybridized carbons (Fsp3) is 0.429. The van der Waals surface area contributed by atoms with E-state index in [4.69, 9.17) is 4.74 Å². The zero-order chi connectivity index (χ0) is 13.5. The number of carbonyl (C=O) groups excluding carboxylic acids is 1. The fourth-order valence-corrected chi connectivity index (χ4v) is 2.00. The second kappa shape index (κ2) is 7.01. The number of nitrogens with zero attached hydrogens (tertiary/aromatic N) is 2. The average Bonchev–Trinajstić information content (AvgIpc) is 2.48. The minimum absolute atomic E-state index is 0.0160. The van der Waals surface area contributed by atoms with E-state index < -0.39 is 6.10 Å². The first-order chi connectivity index (χ1) is 9.31. The van der Waals surface area contributed by atoms with E-state index in [2.05, 4.69) is 16.9 Å². The highest BCUT2D eigenvalue weighted by Gasteiger charge is 2.26. The molecule has 0 saturated carbocycles. The average molecular weight is 261 g/mol. The van der Waals surface area contributed by atoms with Gasteiger partial charge in [0.2, 0.25) is 0 Å². The Labute approximate surface area is 113 Å². The number of rotatable bonds is 5. The molecule has 1 N–H and O–H groups in total. The molecule has 0 bridgehead atoms. The number of hydrogen-bond acceptors (Lipinski definition) is 4. The number of amides is 1. The van der Waals surface area contributed by atoms with E-state index in [0.717, 1.165) is 12.2 Å². The number of aromatic nitrogens is 1. The summed E-state index contributed by atoms with van der Waals surface area (Å²) in [6, 6.07) is 5.68. The molecule has 1 atom stereocenters. The minimum Gasteiger partial charge on any atom is -0.366 e. The highest BCUT2D eigenvalue weighted by Crippen LogP contribution is 2.07. The molecule has 2 rings (SSSR count). The largest absolute Gasteiger partial charge is 0.366 e. The number of pyridine rings is 1. The molecule has 1 aliphatic rings. The van der Waals surface area contributed by atoms with E-state index in [0.29, 0.717) is 26.2 Å². The Kier molecular flexibility index (Phi) is 5.06. The molecular weight excluding hydrogens is 242 g/mol. The maximum absolute atomic E-state index is 12.4. The van der Waals surface area contributed by atoms with Crippen molar-refractivity contribution in [2.75, 3.05) is 26.2 Å². The molecule has 1 fully saturated rings. The van der Waals surface area contributed by atoms with E-state index in [1.54, 1.807) is 17.2 Å². The summed E-state index contributed by atoms with van der Waals surface area (Å²) >= 11 is 0. The minimum atomic E-state index is -0.405. The van der Waals surface area contributed by atoms with E-state index >= 15 is 0 Å². The molecule has 1 saturated heterocycles. The summed E-state index contributed by atoms with van der Waals surface area (Å²) < 4.78 is 5.50. The standard InChI is InChI=1S/C14H19N3O2/c1-2-8-17(11-12-5-3-4-6-16-12)14(18)13-10-15-7-9-19-13/h2-6,13,15H,1,7-11H2. The van der Waals surface area contributed by atoms with Crippen molar-refractivity contribution in [2.45, 2.75) is 12.6 Å². The smallest absolute Gasteiger partial charge is 0.253 e. The van der Waals surface area contributed by atoms with Crippen molar-refractivity contribution < 1.29 is 9.53 Å². The van der Waals surface area contributed by atoms with Crippen LogP contribution in [-0.2, 0) is 16.1 Å². The van der Waals surface area contributed by atoms with Gasteiger partial charge in [0.05, 0.1) is 18.8 Å². The maximum atomic E-state index is 12.4. The van der Waals surface area contributed by atoms with Gasteiger partial charge in [-0.05, 0) is 12.1 Å². The Morgan fingerprint density at radius 2 is 2.53 bits per heavy atom. The third-order valence-electron chi connectivity index (χ3n) is 2.94. The molecular formula is C14H19N3O2. The van der Waals surface area contributed by atoms with Gasteiger partial charge in [0, 0.05) is 25.8 Å². The summed E-state index contributed by atoms with van der Waals surface area (Å²) in [4.78, 5) is 18.3. The Morgan fingerprint density at radius 1 is 1.63 bits per heavy atom. The second-order valence-electron chi connectivity index (χ2n) is 4.39. The van der Waals surface area contributed by atoms with Gasteiger partial charge >= 0.3 is 0 Å². The predicted molar refractivity (Wildman–Crippen MR) is 72.5 cm³/mol. The van der Waals surface area contributed by atoms with Crippen LogP contribution in [0.4, 0.5) is 0 Å². The molecule has 0 spiro atoms. The summed E-state index contributed by atoms with van der Waals surface area (Å²) in [6.07, 6.45) is 3.04. The molecule has 5 heteroatoms. The summed E-state index contributed by atoms with van der Waals surface area (Å²) in [6.45, 7) is 6.60. The first kappa shape index (κ1) is 13.7. The van der Waals surface area contributed by atoms with Crippen LogP contribution in [0.3, 0.4) is 0 Å². The summed E-state index contributed by atoms with van der Waals surface area (Å²) in [5, 5.41) is 3.16. The third kappa shape index (κ3) is 3.87. The van der Waals surface area contributed by atoms with Crippen LogP contribution in [0.1, 0.15) is 5.69 Å². The van der Waals surface area contributed by atoms with Gasteiger partial charge < -0.3 is 15.0 Å². The SMILES string of the molecule is C=CCN(Cc1ccccn1)C(=O)C1CNCCO1. The zero-order valence-corrected chi connectivity index (χ0v) is 10.9. The number of ether oxygens (including phenoxy) is 1. The van der Waals surface area contributed by atoms with Crippen molar-refractivity contribution in [3.63, 3.8) is 0 Å². The quantitative estimate of drug-likeness (QED) is 0.788. The predicted octanol–water partition coefficient (Wildman–Crippen LogP) is 0.585. The van der Waals surface area contributed by atoms with Gasteiger partial charge in [0.1, 0.15) is 6.10 Å². The van der Waals surface area contributed by atoms with Crippen LogP contribution in [0.15, 0.2) is 37.1 Å². The van der Waals surface area contributed by atoms with Crippen LogP contribution in [0, 0.1) is 0 Å². The van der Waals surface area contributed by atoms with Crippen LogP contribution in [0.25, 0.3) is 0 Å². The summed E-state index contributed by atoms with van der Waals surface area (Å²) in [7, 11) is 0. The normalized spacial score (nSPS) is 18.8. The van der Waals surface area contributed by atoms with Gasteiger partial charge in [-0.1, -0.05) is 12.1 Å². The zero-order valence-electron chi connectivity index (χ0n) is 10.9. The lowest BCUT2D eigenvalue weighted by Crippen LogP contribution is -2.49. The highest BCUT2D eigenvalue weighted by atomic mass is 16.5. The van der Waals surface area contributed by atoms with Crippen molar-refractivity contribution in [1.29, 1.82) is 0 Å². The molecule has 19 heavy (non-hydrogen) atoms. The van der Waals surface area contributed by atoms with Gasteiger partial charge in [-0.3, -0.25) is 9.78 Å². The van der Waals surface area contributed by atoms with E-state index in [1.807, 2.05) is 18.2 Å². The third-order valence-corrected chi connectivity index (χ3v) is 2.94. The number of morpholine rings is 1. The second-order valence-corrected chi connectivity index (χ2v) is 4.39. The van der Waals surface area contributed by atoms with Crippen molar-refractivity contribution in [2.24, 2.45) is 0 Å². The molecule has 102 valence electrons. The van der Waals surface area contributed by atoms with E-state index in [9.17, 15) is 4.79 Å². The molecule has 1 aromatic heterocycles. The first-order valence-corrected chi connectivity index (χ1v) is 6.43. The van der Waals surface area contributed by atoms with E-state index in [-0.39, 0.29) is 5.91 Å². The van der Waals surface area contributed by atoms with Crippen LogP contribution < -0.4 is 5.32 Å². The van der Waals surface area contributed by atoms with Crippen LogP contribution in [-0.4, -0.2) is 48.1 Å². The van der Waals surface area contributed by atoms with Crippen molar-refractivity contribution in [1.82, 2.24) is 15.2 Å². The number of hydrogen-bond donors (Lipinski definition) is 1. The van der Waals surface area contributed by atoms with Crippen LogP contribution in [0.5, 0.6) is 0 Å². The molecule has 2 heterocycles. The molecule has 5 nitrogen and oxygen atoms in total. The van der Waals surface area contributed by atoms with Gasteiger partial charge in [-0.15, -0.1) is 6.58 Å². The molecule has 0 aliphatic carbocycles. The molecule has 1 unspecified atom stereocenters. The van der Waals surface area contributed by atoms with Crippen LogP contribution >= 0.6 is 0 Å². The topological polar surface area (TPSA) is 54.5 Å². The molecule has 1 aromatic rings. The maximum Gasteiger partial charge on any atom is 0.253 e. The molecule has 0 aromatic carbocycles. The van der Waals surface area contributed by atoms with E-state index in [1.165, 1.54) is 0 Å². The lowest BCUT2D eigenvalue weighted by molar-refractivity contribution is -0.145. The van der Waals surface area contributed by atoms with Crippen molar-refractivity contribution in [3.8, 4) is 0 Å². The monoisotopic (exact) mass is 261 g/mol. The molecule has 1 aliphatic heterocycles. The Bertz CT molecular complexity index is 416. The van der Waals surface area contributed by atoms with Crippen molar-refractivity contribution >= 4 is 5.91 Å². The Balaban J connectivity index is 2.02. The fourth-order valence-electron chi connectivity index (χ4n) is 2.00. The summed E-state index contributed by atoms with van der Waals surface area (Å²) in [5.41, 5.74) is 0.862. The lowest BCUT2D eigenvalue weighted by atomic mass is 10.2. The van der Waals surface area contributed by atoms with Gasteiger partial charge in [0.15, 0.2) is 0 Å². The summed E-state index contributed by atoms with van der Waals surface area (Å²) in [5.74, 6) is -0.0160. The Hall–Kier alpha value is -1.72. The Morgan fingerprint density at radius 3 is 3.16 bits per heavy atom. The van der Waals surface area contributed by atoms with Gasteiger partial charge in [-0.25, -0.2) is 0 Å². The highest BCUT2D eigenvalue weighted by molar-refractivity contribution is 5.81. The first-order valence-electron chi connectivity index (χ1n) is 6.43. The van der Waals surface area contributed by atoms with Gasteiger partial charge in [0.25, 0.3) is 5.91 Å². The molecule has 0 radical (unpaired) electrons. The van der Waals surface area contributed by atoms with Crippen LogP contribution in [0.2, 0.25) is 0 Å². The molecule has 1 amide bonds. The van der Waals surface area contributed by atoms with Crippen molar-refractivity contribution in [3.05, 3.63) is 42.7 Å². The number of carbonyl (C=O) groups is 1.